The number of benzene rings is 6. The van der Waals surface area contributed by atoms with Gasteiger partial charge in [0.1, 0.15) is 46.3 Å². The minimum atomic E-state index is -4.95. The zero-order valence-corrected chi connectivity index (χ0v) is 31.3. The lowest BCUT2D eigenvalue weighted by atomic mass is 10.0. The third-order valence-corrected chi connectivity index (χ3v) is 7.95. The Balaban J connectivity index is 0.000000240. The van der Waals surface area contributed by atoms with Crippen LogP contribution in [0.1, 0.15) is 52.6 Å². The number of nitrogens with two attached hydrogens (primary N) is 2. The van der Waals surface area contributed by atoms with E-state index in [1.807, 2.05) is 5.32 Å². The third-order valence-electron chi connectivity index (χ3n) is 7.95. The Bertz CT molecular complexity index is 2620. The number of hydrogen-bond donors (Lipinski definition) is 5. The Morgan fingerprint density at radius 1 is 0.508 bits per heavy atom. The fourth-order valence-corrected chi connectivity index (χ4v) is 5.12. The lowest BCUT2D eigenvalue weighted by Crippen LogP contribution is -2.21. The molecule has 7 N–H and O–H groups in total. The second-order valence-corrected chi connectivity index (χ2v) is 12.4. The number of aromatic hydroxyl groups is 1. The van der Waals surface area contributed by atoms with E-state index in [-0.39, 0.29) is 28.7 Å². The number of primary amides is 2. The highest BCUT2D eigenvalue weighted by Crippen LogP contribution is 2.38. The number of carbonyl (C=O) groups is 4. The Morgan fingerprint density at radius 2 is 0.921 bits per heavy atom. The minimum Gasteiger partial charge on any atom is -0.508 e. The zero-order chi connectivity index (χ0) is 46.8. The van der Waals surface area contributed by atoms with E-state index in [0.717, 1.165) is 66.7 Å². The van der Waals surface area contributed by atoms with E-state index in [9.17, 15) is 67.5 Å². The number of alkyl halides is 6. The molecule has 6 rings (SSSR count). The molecule has 0 saturated heterocycles. The van der Waals surface area contributed by atoms with E-state index in [4.69, 9.17) is 21.3 Å². The first-order valence-electron chi connectivity index (χ1n) is 17.2. The number of phenols is 1. The maximum absolute atomic E-state index is 13.7. The van der Waals surface area contributed by atoms with Crippen LogP contribution in [0.25, 0.3) is 0 Å². The molecule has 0 atom stereocenters. The van der Waals surface area contributed by atoms with Gasteiger partial charge in [0, 0.05) is 11.4 Å². The van der Waals surface area contributed by atoms with E-state index in [1.165, 1.54) is 36.4 Å². The van der Waals surface area contributed by atoms with E-state index in [2.05, 4.69) is 5.32 Å². The molecule has 0 aromatic heterocycles. The van der Waals surface area contributed by atoms with Crippen LogP contribution in [0.4, 0.5) is 59.7 Å². The first-order chi connectivity index (χ1) is 29.5. The minimum absolute atomic E-state index is 0.00688. The molecule has 0 aliphatic heterocycles. The van der Waals surface area contributed by atoms with Gasteiger partial charge in [-0.1, -0.05) is 12.1 Å². The van der Waals surface area contributed by atoms with Crippen molar-refractivity contribution >= 4 is 35.0 Å². The fraction of sp³-hybridized carbons (Fsp3) is 0.0476. The molecule has 21 heteroatoms. The molecule has 6 aromatic carbocycles. The van der Waals surface area contributed by atoms with Gasteiger partial charge in [-0.05, 0) is 109 Å². The van der Waals surface area contributed by atoms with Crippen LogP contribution in [0.15, 0.2) is 121 Å². The maximum atomic E-state index is 13.7. The zero-order valence-electron chi connectivity index (χ0n) is 31.3. The summed E-state index contributed by atoms with van der Waals surface area (Å²) in [6.45, 7) is 0. The molecule has 0 spiro atoms. The van der Waals surface area contributed by atoms with Crippen molar-refractivity contribution in [3.8, 4) is 17.2 Å². The van der Waals surface area contributed by atoms with Crippen molar-refractivity contribution in [3.05, 3.63) is 184 Å². The van der Waals surface area contributed by atoms with Gasteiger partial charge in [0.05, 0.1) is 33.4 Å². The van der Waals surface area contributed by atoms with Gasteiger partial charge in [-0.25, -0.2) is 22.0 Å². The smallest absolute Gasteiger partial charge is 0.417 e. The number of nitrogens with one attached hydrogen (secondary N) is 2. The summed E-state index contributed by atoms with van der Waals surface area (Å²) in [5.41, 5.74) is 3.65. The molecule has 0 aliphatic rings. The van der Waals surface area contributed by atoms with Crippen LogP contribution in [0, 0.1) is 29.1 Å². The van der Waals surface area contributed by atoms with E-state index < -0.39 is 98.4 Å². The molecular formula is C42H27F11N4O6. The number of phenolic OH excluding ortho intramolecular Hbond substituents is 1. The van der Waals surface area contributed by atoms with Crippen LogP contribution < -0.4 is 26.8 Å². The molecule has 0 radical (unpaired) electrons. The number of anilines is 2. The first kappa shape index (κ1) is 47.7. The van der Waals surface area contributed by atoms with Crippen molar-refractivity contribution in [2.45, 2.75) is 12.4 Å². The molecular weight excluding hydrogens is 865 g/mol. The van der Waals surface area contributed by atoms with Gasteiger partial charge in [0.15, 0.2) is 0 Å². The van der Waals surface area contributed by atoms with E-state index >= 15 is 0 Å². The number of rotatable bonds is 8. The second kappa shape index (κ2) is 20.1. The number of amides is 4. The SMILES string of the molecule is NC(=O)c1cc(NC(=O)c2c(F)cccc2C(F)(F)F)ccc1F.NC(=O)c1cc(NC(=O)c2c(Oc3ccc(F)cc3)cccc2C(F)(F)F)ccc1F.Oc1ccc(F)cc1. The van der Waals surface area contributed by atoms with Gasteiger partial charge in [-0.2, -0.15) is 26.3 Å². The van der Waals surface area contributed by atoms with Gasteiger partial charge >= 0.3 is 12.4 Å². The van der Waals surface area contributed by atoms with Crippen LogP contribution in [-0.2, 0) is 12.4 Å². The quantitative estimate of drug-likeness (QED) is 0.0952. The Morgan fingerprint density at radius 3 is 1.35 bits per heavy atom. The van der Waals surface area contributed by atoms with Crippen molar-refractivity contribution in [3.63, 3.8) is 0 Å². The average molecular weight is 893 g/mol. The summed E-state index contributed by atoms with van der Waals surface area (Å²) >= 11 is 0. The highest BCUT2D eigenvalue weighted by atomic mass is 19.4. The Hall–Kier alpha value is -7.97. The summed E-state index contributed by atoms with van der Waals surface area (Å²) in [4.78, 5) is 47.1. The normalized spacial score (nSPS) is 10.9. The van der Waals surface area contributed by atoms with Crippen LogP contribution in [0.5, 0.6) is 17.2 Å². The number of ether oxygens (including phenoxy) is 1. The molecule has 0 fully saturated rings. The molecule has 0 heterocycles. The van der Waals surface area contributed by atoms with Crippen molar-refractivity contribution in [1.29, 1.82) is 0 Å². The monoisotopic (exact) mass is 892 g/mol. The van der Waals surface area contributed by atoms with Crippen molar-refractivity contribution in [2.24, 2.45) is 11.5 Å². The molecule has 0 saturated carbocycles. The van der Waals surface area contributed by atoms with Gasteiger partial charge in [0.2, 0.25) is 0 Å². The van der Waals surface area contributed by atoms with Crippen LogP contribution in [0.2, 0.25) is 0 Å². The molecule has 4 amide bonds. The summed E-state index contributed by atoms with van der Waals surface area (Å²) in [7, 11) is 0. The molecule has 63 heavy (non-hydrogen) atoms. The van der Waals surface area contributed by atoms with E-state index in [0.29, 0.717) is 18.2 Å². The molecule has 0 aliphatic carbocycles. The first-order valence-corrected chi connectivity index (χ1v) is 17.2. The highest BCUT2D eigenvalue weighted by Gasteiger charge is 2.38. The molecule has 10 nitrogen and oxygen atoms in total. The van der Waals surface area contributed by atoms with Crippen LogP contribution in [-0.4, -0.2) is 28.7 Å². The van der Waals surface area contributed by atoms with Crippen molar-refractivity contribution < 1.29 is 77.3 Å². The molecule has 6 aromatic rings. The number of carbonyl (C=O) groups excluding carboxylic acids is 4. The van der Waals surface area contributed by atoms with Crippen molar-refractivity contribution in [1.82, 2.24) is 0 Å². The maximum Gasteiger partial charge on any atom is 0.417 e. The van der Waals surface area contributed by atoms with Crippen LogP contribution >= 0.6 is 0 Å². The highest BCUT2D eigenvalue weighted by molar-refractivity contribution is 6.08. The number of halogens is 11. The third kappa shape index (κ3) is 13.0. The van der Waals surface area contributed by atoms with Gasteiger partial charge < -0.3 is 31.9 Å². The van der Waals surface area contributed by atoms with Crippen molar-refractivity contribution in [2.75, 3.05) is 10.6 Å². The lowest BCUT2D eigenvalue weighted by molar-refractivity contribution is -0.138. The second-order valence-electron chi connectivity index (χ2n) is 12.4. The predicted molar refractivity (Wildman–Crippen MR) is 203 cm³/mol. The summed E-state index contributed by atoms with van der Waals surface area (Å²) in [5, 5.41) is 12.7. The summed E-state index contributed by atoms with van der Waals surface area (Å²) in [5.74, 6) is -9.47. The topological polar surface area (TPSA) is 174 Å². The number of hydrogen-bond acceptors (Lipinski definition) is 6. The Labute approximate surface area is 347 Å². The van der Waals surface area contributed by atoms with Gasteiger partial charge in [-0.15, -0.1) is 0 Å². The molecule has 0 bridgehead atoms. The van der Waals surface area contributed by atoms with Crippen LogP contribution in [0.3, 0.4) is 0 Å². The summed E-state index contributed by atoms with van der Waals surface area (Å²) < 4.78 is 150. The lowest BCUT2D eigenvalue weighted by Gasteiger charge is -2.17. The van der Waals surface area contributed by atoms with Gasteiger partial charge in [-0.3, -0.25) is 19.2 Å². The fourth-order valence-electron chi connectivity index (χ4n) is 5.12. The molecule has 0 unspecified atom stereocenters. The summed E-state index contributed by atoms with van der Waals surface area (Å²) in [6, 6.07) is 19.8. The van der Waals surface area contributed by atoms with Gasteiger partial charge in [0.25, 0.3) is 23.6 Å². The Kier molecular flexibility index (Phi) is 15.2. The standard InChI is InChI=1S/C21H13F5N2O3.C15H9F5N2O2.C6H5FO/c22-11-4-7-13(8-5-11)31-17-3-1-2-15(21(24,25)26)18(17)20(30)28-12-6-9-16(23)14(10-12)19(27)29;16-10-5-4-7(6-8(10)13(21)23)22-14(24)12-9(15(18,19)20)2-1-3-11(12)17;7-5-1-3-6(8)4-2-5/h1-10H,(H2,27,29)(H,28,30);1-6H,(H2,21,23)(H,22,24);1-4,8H. The average Bonchev–Trinajstić information content (AvgIpc) is 3.20. The largest absolute Gasteiger partial charge is 0.508 e. The summed E-state index contributed by atoms with van der Waals surface area (Å²) in [6.07, 6.45) is -9.86. The predicted octanol–water partition coefficient (Wildman–Crippen LogP) is 9.99. The van der Waals surface area contributed by atoms with E-state index in [1.54, 1.807) is 0 Å². The molecule has 328 valence electrons.